The molecule has 4 fully saturated rings. The van der Waals surface area contributed by atoms with Crippen LogP contribution < -0.4 is 14.8 Å². The molecule has 3 aliphatic heterocycles. The van der Waals surface area contributed by atoms with E-state index in [1.807, 2.05) is 36.4 Å². The molecule has 0 radical (unpaired) electrons. The minimum atomic E-state index is -0.395. The number of aliphatic hydroxyl groups excluding tert-OH is 1. The van der Waals surface area contributed by atoms with Crippen molar-refractivity contribution in [2.24, 2.45) is 11.8 Å². The molecule has 0 aromatic heterocycles. The molecule has 2 N–H and O–H groups in total. The molecule has 3 aliphatic carbocycles. The van der Waals surface area contributed by atoms with Crippen molar-refractivity contribution >= 4 is 40.6 Å². The lowest BCUT2D eigenvalue weighted by molar-refractivity contribution is -0.119. The van der Waals surface area contributed by atoms with Gasteiger partial charge in [0.05, 0.1) is 19.3 Å². The van der Waals surface area contributed by atoms with Crippen LogP contribution in [0.5, 0.6) is 11.5 Å². The molecule has 352 valence electrons. The number of nitrogens with one attached hydrogen (secondary N) is 1. The number of hydrogen-bond acceptors (Lipinski definition) is 7. The molecule has 1 amide bonds. The van der Waals surface area contributed by atoms with Crippen LogP contribution in [0.25, 0.3) is 0 Å². The van der Waals surface area contributed by atoms with Crippen molar-refractivity contribution in [1.29, 1.82) is 0 Å². The maximum absolute atomic E-state index is 11.8. The zero-order valence-electron chi connectivity index (χ0n) is 39.0. The zero-order chi connectivity index (χ0) is 45.8. The minimum Gasteiger partial charge on any atom is -0.493 e. The Morgan fingerprint density at radius 1 is 0.667 bits per heavy atom. The first kappa shape index (κ1) is 47.2. The first-order valence-corrected chi connectivity index (χ1v) is 25.7. The predicted octanol–water partition coefficient (Wildman–Crippen LogP) is 11.2. The van der Waals surface area contributed by atoms with Gasteiger partial charge in [0.2, 0.25) is 5.91 Å². The fourth-order valence-electron chi connectivity index (χ4n) is 11.9. The monoisotopic (exact) mass is 933 g/mol. The van der Waals surface area contributed by atoms with Crippen LogP contribution in [0, 0.1) is 11.8 Å². The summed E-state index contributed by atoms with van der Waals surface area (Å²) in [6.45, 7) is 10.0. The molecule has 4 aromatic carbocycles. The average Bonchev–Trinajstić information content (AvgIpc) is 3.28. The van der Waals surface area contributed by atoms with E-state index >= 15 is 0 Å². The quantitative estimate of drug-likeness (QED) is 0.138. The van der Waals surface area contributed by atoms with E-state index in [0.717, 1.165) is 97.4 Å². The van der Waals surface area contributed by atoms with Crippen molar-refractivity contribution in [2.75, 3.05) is 44.7 Å². The molecule has 66 heavy (non-hydrogen) atoms. The molecule has 0 bridgehead atoms. The van der Waals surface area contributed by atoms with Gasteiger partial charge in [-0.3, -0.25) is 19.4 Å². The Kier molecular flexibility index (Phi) is 14.8. The Morgan fingerprint density at radius 3 is 1.86 bits per heavy atom. The Morgan fingerprint density at radius 2 is 1.24 bits per heavy atom. The number of benzene rings is 4. The highest BCUT2D eigenvalue weighted by Crippen LogP contribution is 2.48. The number of likely N-dealkylation sites (tertiary alicyclic amines) is 2. The third-order valence-corrected chi connectivity index (χ3v) is 17.2. The van der Waals surface area contributed by atoms with Gasteiger partial charge >= 0.3 is 0 Å². The number of carbonyl (C=O) groups is 2. The normalized spacial score (nSPS) is 25.1. The van der Waals surface area contributed by atoms with Crippen LogP contribution in [0.3, 0.4) is 0 Å². The van der Waals surface area contributed by atoms with Crippen molar-refractivity contribution in [3.05, 3.63) is 123 Å². The molecule has 8 nitrogen and oxygen atoms in total. The molecule has 3 heterocycles. The Hall–Kier alpha value is -3.92. The molecular formula is C56H69Cl2N3O5. The Bertz CT molecular complexity index is 2310. The van der Waals surface area contributed by atoms with Gasteiger partial charge in [0.25, 0.3) is 0 Å². The van der Waals surface area contributed by atoms with Gasteiger partial charge in [-0.1, -0.05) is 72.4 Å². The van der Waals surface area contributed by atoms with Gasteiger partial charge in [0.1, 0.15) is 17.3 Å². The highest BCUT2D eigenvalue weighted by atomic mass is 35.5. The summed E-state index contributed by atoms with van der Waals surface area (Å²) >= 11 is 12.3. The van der Waals surface area contributed by atoms with E-state index in [2.05, 4.69) is 77.5 Å². The summed E-state index contributed by atoms with van der Waals surface area (Å²) in [7, 11) is 0. The molecule has 10 rings (SSSR count). The lowest BCUT2D eigenvalue weighted by Gasteiger charge is -2.49. The molecule has 2 saturated heterocycles. The molecule has 5 unspecified atom stereocenters. The van der Waals surface area contributed by atoms with Crippen LogP contribution in [-0.2, 0) is 39.7 Å². The molecule has 10 heteroatoms. The minimum absolute atomic E-state index is 0.0718. The number of hydrogen-bond donors (Lipinski definition) is 2. The molecule has 5 atom stereocenters. The van der Waals surface area contributed by atoms with Gasteiger partial charge in [0, 0.05) is 88.9 Å². The summed E-state index contributed by atoms with van der Waals surface area (Å²) in [5.74, 6) is 3.07. The molecule has 4 aromatic rings. The summed E-state index contributed by atoms with van der Waals surface area (Å²) in [6.07, 6.45) is 14.8. The highest BCUT2D eigenvalue weighted by molar-refractivity contribution is 6.30. The van der Waals surface area contributed by atoms with Gasteiger partial charge in [-0.15, -0.1) is 0 Å². The number of piperidine rings is 2. The fraction of sp³-hybridized carbons (Fsp3) is 0.536. The number of Topliss-reactive ketones (excluding diaryl/α,β-unsaturated/α-hetero) is 1. The zero-order valence-corrected chi connectivity index (χ0v) is 40.6. The second kappa shape index (κ2) is 20.7. The number of amides is 1. The summed E-state index contributed by atoms with van der Waals surface area (Å²) in [6, 6.07) is 29.8. The largest absolute Gasteiger partial charge is 0.493 e. The molecule has 2 saturated carbocycles. The highest BCUT2D eigenvalue weighted by Gasteiger charge is 2.46. The van der Waals surface area contributed by atoms with Crippen LogP contribution in [0.4, 0.5) is 5.69 Å². The number of aryl methyl sites for hydroxylation is 2. The number of carbonyl (C=O) groups excluding carboxylic acids is 2. The number of rotatable bonds is 13. The van der Waals surface area contributed by atoms with E-state index in [0.29, 0.717) is 62.1 Å². The maximum Gasteiger partial charge on any atom is 0.224 e. The number of ether oxygens (including phenoxy) is 2. The van der Waals surface area contributed by atoms with E-state index in [-0.39, 0.29) is 16.7 Å². The number of aliphatic hydroxyl groups is 1. The van der Waals surface area contributed by atoms with E-state index in [1.165, 1.54) is 60.9 Å². The maximum atomic E-state index is 11.8. The second-order valence-electron chi connectivity index (χ2n) is 20.6. The predicted molar refractivity (Wildman–Crippen MR) is 265 cm³/mol. The third-order valence-electron chi connectivity index (χ3n) is 16.7. The van der Waals surface area contributed by atoms with E-state index < -0.39 is 6.10 Å². The number of ketones is 1. The van der Waals surface area contributed by atoms with Gasteiger partial charge in [-0.2, -0.15) is 0 Å². The van der Waals surface area contributed by atoms with Crippen molar-refractivity contribution < 1.29 is 24.2 Å². The van der Waals surface area contributed by atoms with Gasteiger partial charge in [-0.05, 0) is 161 Å². The van der Waals surface area contributed by atoms with Crippen molar-refractivity contribution in [3.63, 3.8) is 0 Å². The van der Waals surface area contributed by atoms with Gasteiger partial charge < -0.3 is 19.9 Å². The van der Waals surface area contributed by atoms with E-state index in [9.17, 15) is 14.7 Å². The second-order valence-corrected chi connectivity index (χ2v) is 21.4. The number of β-amino-alcohol motifs (C(OH)–C–C–N with tert-alkyl or cyclic N) is 1. The molecular weight excluding hydrogens is 866 g/mol. The summed E-state index contributed by atoms with van der Waals surface area (Å²) in [5, 5.41) is 15.9. The number of anilines is 1. The Balaban J connectivity index is 0.000000166. The van der Waals surface area contributed by atoms with Crippen LogP contribution >= 0.6 is 23.2 Å². The van der Waals surface area contributed by atoms with Crippen molar-refractivity contribution in [1.82, 2.24) is 9.80 Å². The fourth-order valence-corrected chi connectivity index (χ4v) is 12.2. The van der Waals surface area contributed by atoms with E-state index in [1.54, 1.807) is 0 Å². The first-order chi connectivity index (χ1) is 32.0. The van der Waals surface area contributed by atoms with Crippen molar-refractivity contribution in [3.8, 4) is 11.5 Å². The van der Waals surface area contributed by atoms with Gasteiger partial charge in [0.15, 0.2) is 0 Å². The Labute approximate surface area is 402 Å². The van der Waals surface area contributed by atoms with Crippen LogP contribution in [0.1, 0.15) is 119 Å². The first-order valence-electron chi connectivity index (χ1n) is 25.0. The summed E-state index contributed by atoms with van der Waals surface area (Å²) in [5.41, 5.74) is 7.30. The standard InChI is InChI=1S/C28H35ClN2O3.C28H34ClNO2/c1-19-21(18-34-24-11-5-20-6-12-27(33)30-25(20)16-24)4-2-15-31(19)17-26(32)28(13-3-14-28)22-7-9-23(29)10-8-22;1-20-22(18-32-27-12-6-21-5-11-26(31)16-23(21)17-27)4-2-15-30(20)19-28(13-3-14-28)24-7-9-25(29)10-8-24/h5,7-11,16,19,21,26,32H,2-4,6,12-15,17-18H2,1H3,(H,30,33);6-10,12,17,20,22H,2-5,11,13-16,18-19H2,1H3. The van der Waals surface area contributed by atoms with Crippen LogP contribution in [0.15, 0.2) is 84.9 Å². The smallest absolute Gasteiger partial charge is 0.224 e. The average molecular weight is 935 g/mol. The number of nitrogens with zero attached hydrogens (tertiary/aromatic N) is 2. The SMILES string of the molecule is CC1C(COc2ccc3c(c2)CC(=O)CC3)CCCN1CC1(c2ccc(Cl)cc2)CCC1.CC1C(COc2ccc3c(c2)NC(=O)CC3)CCCN1CC(O)C1(c2ccc(Cl)cc2)CCC1. The molecule has 6 aliphatic rings. The van der Waals surface area contributed by atoms with E-state index in [4.69, 9.17) is 32.7 Å². The lowest BCUT2D eigenvalue weighted by Crippen LogP contribution is -2.55. The van der Waals surface area contributed by atoms with Crippen LogP contribution in [0.2, 0.25) is 10.0 Å². The summed E-state index contributed by atoms with van der Waals surface area (Å²) < 4.78 is 12.5. The summed E-state index contributed by atoms with van der Waals surface area (Å²) in [4.78, 5) is 28.7. The number of halogens is 2. The topological polar surface area (TPSA) is 91.3 Å². The van der Waals surface area contributed by atoms with Gasteiger partial charge in [-0.25, -0.2) is 0 Å². The number of fused-ring (bicyclic) bond motifs is 2. The molecule has 0 spiro atoms. The van der Waals surface area contributed by atoms with Crippen LogP contribution in [-0.4, -0.2) is 84.2 Å². The lowest BCUT2D eigenvalue weighted by atomic mass is 9.61. The third kappa shape index (κ3) is 10.5. The van der Waals surface area contributed by atoms with Crippen molar-refractivity contribution in [2.45, 2.75) is 139 Å².